The van der Waals surface area contributed by atoms with Gasteiger partial charge in [-0.15, -0.1) is 0 Å². The highest BCUT2D eigenvalue weighted by Gasteiger charge is 2.09. The monoisotopic (exact) mass is 343 g/mol. The van der Waals surface area contributed by atoms with Gasteiger partial charge in [0.15, 0.2) is 11.5 Å². The summed E-state index contributed by atoms with van der Waals surface area (Å²) in [5, 5.41) is 3.41. The molecule has 24 heavy (non-hydrogen) atoms. The molecule has 0 saturated heterocycles. The molecule has 1 amide bonds. The molecule has 0 fully saturated rings. The molecule has 0 saturated carbocycles. The van der Waals surface area contributed by atoms with Gasteiger partial charge in [-0.1, -0.05) is 23.7 Å². The van der Waals surface area contributed by atoms with Gasteiger partial charge in [-0.05, 0) is 48.4 Å². The van der Waals surface area contributed by atoms with Crippen molar-refractivity contribution < 1.29 is 14.3 Å². The van der Waals surface area contributed by atoms with Gasteiger partial charge in [0.25, 0.3) is 0 Å². The molecule has 0 spiro atoms. The minimum absolute atomic E-state index is 0.220. The summed E-state index contributed by atoms with van der Waals surface area (Å²) >= 11 is 6.06. The first kappa shape index (κ1) is 16.4. The second-order valence-electron chi connectivity index (χ2n) is 5.54. The van der Waals surface area contributed by atoms with Crippen LogP contribution in [0.25, 0.3) is 6.08 Å². The fourth-order valence-corrected chi connectivity index (χ4v) is 2.49. The van der Waals surface area contributed by atoms with E-state index in [1.54, 1.807) is 12.1 Å². The van der Waals surface area contributed by atoms with Gasteiger partial charge in [0.2, 0.25) is 5.91 Å². The number of rotatable bonds is 3. The van der Waals surface area contributed by atoms with Crippen molar-refractivity contribution in [3.63, 3.8) is 0 Å². The van der Waals surface area contributed by atoms with E-state index in [9.17, 15) is 4.79 Å². The summed E-state index contributed by atoms with van der Waals surface area (Å²) in [5.41, 5.74) is 2.51. The summed E-state index contributed by atoms with van der Waals surface area (Å²) in [7, 11) is 0. The molecular formula is C19H18ClNO3. The van der Waals surface area contributed by atoms with Crippen molar-refractivity contribution in [3.8, 4) is 11.5 Å². The highest BCUT2D eigenvalue weighted by atomic mass is 35.5. The van der Waals surface area contributed by atoms with Crippen LogP contribution in [-0.4, -0.2) is 19.1 Å². The van der Waals surface area contributed by atoms with Crippen molar-refractivity contribution in [2.24, 2.45) is 0 Å². The molecule has 1 aliphatic heterocycles. The average molecular weight is 344 g/mol. The summed E-state index contributed by atoms with van der Waals surface area (Å²) in [6.07, 6.45) is 4.08. The summed E-state index contributed by atoms with van der Waals surface area (Å²) in [4.78, 5) is 12.0. The summed E-state index contributed by atoms with van der Waals surface area (Å²) in [6.45, 7) is 3.20. The Morgan fingerprint density at radius 2 is 1.92 bits per heavy atom. The van der Waals surface area contributed by atoms with Gasteiger partial charge >= 0.3 is 0 Å². The fraction of sp³-hybridized carbons (Fsp3) is 0.211. The zero-order valence-electron chi connectivity index (χ0n) is 13.3. The van der Waals surface area contributed by atoms with Gasteiger partial charge in [0.05, 0.1) is 13.2 Å². The van der Waals surface area contributed by atoms with Gasteiger partial charge in [0.1, 0.15) is 0 Å². The third-order valence-corrected chi connectivity index (χ3v) is 4.05. The van der Waals surface area contributed by atoms with E-state index in [2.05, 4.69) is 5.32 Å². The first-order valence-corrected chi connectivity index (χ1v) is 8.14. The second kappa shape index (κ2) is 7.41. The third kappa shape index (κ3) is 4.09. The first-order valence-electron chi connectivity index (χ1n) is 7.77. The van der Waals surface area contributed by atoms with Crippen LogP contribution in [0.15, 0.2) is 42.5 Å². The van der Waals surface area contributed by atoms with Crippen LogP contribution in [0.1, 0.15) is 17.5 Å². The predicted octanol–water partition coefficient (Wildman–Crippen LogP) is 4.46. The summed E-state index contributed by atoms with van der Waals surface area (Å²) in [6, 6.07) is 11.0. The van der Waals surface area contributed by atoms with E-state index in [1.807, 2.05) is 37.3 Å². The largest absolute Gasteiger partial charge is 0.490 e. The van der Waals surface area contributed by atoms with Crippen LogP contribution in [0.3, 0.4) is 0 Å². The van der Waals surface area contributed by atoms with Gasteiger partial charge in [-0.3, -0.25) is 4.79 Å². The first-order chi connectivity index (χ1) is 11.6. The Balaban J connectivity index is 1.67. The van der Waals surface area contributed by atoms with E-state index in [0.717, 1.165) is 23.3 Å². The van der Waals surface area contributed by atoms with Crippen LogP contribution >= 0.6 is 11.6 Å². The molecular weight excluding hydrogens is 326 g/mol. The lowest BCUT2D eigenvalue weighted by atomic mass is 10.2. The Kier molecular flexibility index (Phi) is 5.06. The van der Waals surface area contributed by atoms with Gasteiger partial charge in [0, 0.05) is 23.2 Å². The zero-order chi connectivity index (χ0) is 16.9. The quantitative estimate of drug-likeness (QED) is 0.837. The Morgan fingerprint density at radius 3 is 2.71 bits per heavy atom. The number of anilines is 1. The number of nitrogens with one attached hydrogen (secondary N) is 1. The lowest BCUT2D eigenvalue weighted by molar-refractivity contribution is -0.111. The van der Waals surface area contributed by atoms with Crippen molar-refractivity contribution in [1.29, 1.82) is 0 Å². The molecule has 124 valence electrons. The summed E-state index contributed by atoms with van der Waals surface area (Å²) < 4.78 is 11.2. The minimum Gasteiger partial charge on any atom is -0.490 e. The molecule has 0 atom stereocenters. The molecule has 3 rings (SSSR count). The average Bonchev–Trinajstić information content (AvgIpc) is 2.81. The highest BCUT2D eigenvalue weighted by molar-refractivity contribution is 6.31. The normalized spacial score (nSPS) is 13.6. The molecule has 0 unspecified atom stereocenters. The molecule has 1 aliphatic rings. The minimum atomic E-state index is -0.220. The van der Waals surface area contributed by atoms with E-state index >= 15 is 0 Å². The number of amides is 1. The Labute approximate surface area is 146 Å². The van der Waals surface area contributed by atoms with Crippen LogP contribution in [0.4, 0.5) is 5.69 Å². The van der Waals surface area contributed by atoms with E-state index < -0.39 is 0 Å². The smallest absolute Gasteiger partial charge is 0.248 e. The maximum atomic E-state index is 12.0. The maximum absolute atomic E-state index is 12.0. The second-order valence-corrected chi connectivity index (χ2v) is 5.95. The maximum Gasteiger partial charge on any atom is 0.248 e. The fourth-order valence-electron chi connectivity index (χ4n) is 2.31. The van der Waals surface area contributed by atoms with Crippen molar-refractivity contribution >= 4 is 29.3 Å². The molecule has 0 radical (unpaired) electrons. The lowest BCUT2D eigenvalue weighted by Gasteiger charge is -2.07. The number of benzene rings is 2. The van der Waals surface area contributed by atoms with Gasteiger partial charge in [-0.25, -0.2) is 0 Å². The van der Waals surface area contributed by atoms with E-state index in [0.29, 0.717) is 29.7 Å². The Hall–Kier alpha value is -2.46. The number of hydrogen-bond donors (Lipinski definition) is 1. The predicted molar refractivity (Wildman–Crippen MR) is 95.9 cm³/mol. The molecule has 2 aromatic rings. The molecule has 4 nitrogen and oxygen atoms in total. The third-order valence-electron chi connectivity index (χ3n) is 3.64. The van der Waals surface area contributed by atoms with Crippen LogP contribution in [0.5, 0.6) is 11.5 Å². The van der Waals surface area contributed by atoms with Crippen LogP contribution in [-0.2, 0) is 4.79 Å². The number of carbonyl (C=O) groups is 1. The molecule has 1 heterocycles. The Bertz CT molecular complexity index is 786. The summed E-state index contributed by atoms with van der Waals surface area (Å²) in [5.74, 6) is 1.23. The van der Waals surface area contributed by atoms with Crippen LogP contribution in [0.2, 0.25) is 5.02 Å². The molecule has 1 N–H and O–H groups in total. The van der Waals surface area contributed by atoms with Gasteiger partial charge in [-0.2, -0.15) is 0 Å². The molecule has 5 heteroatoms. The number of carbonyl (C=O) groups excluding carboxylic acids is 1. The van der Waals surface area contributed by atoms with Gasteiger partial charge < -0.3 is 14.8 Å². The van der Waals surface area contributed by atoms with Crippen molar-refractivity contribution in [2.45, 2.75) is 13.3 Å². The number of fused-ring (bicyclic) bond motifs is 1. The number of ether oxygens (including phenoxy) is 2. The molecule has 2 aromatic carbocycles. The van der Waals surface area contributed by atoms with Crippen LogP contribution in [0, 0.1) is 6.92 Å². The number of halogens is 1. The molecule has 0 aliphatic carbocycles. The topological polar surface area (TPSA) is 47.6 Å². The highest BCUT2D eigenvalue weighted by Crippen LogP contribution is 2.30. The number of hydrogen-bond acceptors (Lipinski definition) is 3. The standard InChI is InChI=1S/C19H18ClNO3/c1-13-3-6-15(12-16(13)20)21-19(22)8-5-14-4-7-17-18(11-14)24-10-2-9-23-17/h3-8,11-12H,2,9-10H2,1H3,(H,21,22). The molecule has 0 bridgehead atoms. The van der Waals surface area contributed by atoms with Crippen molar-refractivity contribution in [3.05, 3.63) is 58.6 Å². The van der Waals surface area contributed by atoms with E-state index in [1.165, 1.54) is 6.08 Å². The lowest BCUT2D eigenvalue weighted by Crippen LogP contribution is -2.07. The number of aryl methyl sites for hydroxylation is 1. The van der Waals surface area contributed by atoms with E-state index in [4.69, 9.17) is 21.1 Å². The Morgan fingerprint density at radius 1 is 1.12 bits per heavy atom. The van der Waals surface area contributed by atoms with E-state index in [-0.39, 0.29) is 5.91 Å². The zero-order valence-corrected chi connectivity index (χ0v) is 14.1. The van der Waals surface area contributed by atoms with Crippen molar-refractivity contribution in [2.75, 3.05) is 18.5 Å². The SMILES string of the molecule is Cc1ccc(NC(=O)C=Cc2ccc3c(c2)OCCCO3)cc1Cl. The van der Waals surface area contributed by atoms with Crippen molar-refractivity contribution in [1.82, 2.24) is 0 Å². The van der Waals surface area contributed by atoms with Crippen LogP contribution < -0.4 is 14.8 Å². The molecule has 0 aromatic heterocycles.